The number of benzene rings is 2. The van der Waals surface area contributed by atoms with Crippen LogP contribution < -0.4 is 5.32 Å². The standard InChI is InChI=1S/C18H13ClFN3O2S/c19-11-4-3-5-12(8-11)23-17(14-9-26(25)10-16(14)22-23)21-18(24)13-6-1-2-7-15(13)20/h1-8H,9-10H2,(H,21,24)/t26-/m0/s1. The number of nitrogens with one attached hydrogen (secondary N) is 1. The fourth-order valence-electron chi connectivity index (χ4n) is 2.87. The first-order valence-corrected chi connectivity index (χ1v) is 9.67. The Labute approximate surface area is 156 Å². The Morgan fingerprint density at radius 1 is 1.19 bits per heavy atom. The number of anilines is 1. The van der Waals surface area contributed by atoms with Crippen LogP contribution in [-0.4, -0.2) is 19.9 Å². The number of carbonyl (C=O) groups excluding carboxylic acids is 1. The third-order valence-electron chi connectivity index (χ3n) is 4.07. The molecular weight excluding hydrogens is 377 g/mol. The molecule has 4 rings (SSSR count). The molecule has 26 heavy (non-hydrogen) atoms. The monoisotopic (exact) mass is 389 g/mol. The van der Waals surface area contributed by atoms with Crippen LogP contribution >= 0.6 is 11.6 Å². The molecule has 2 heterocycles. The van der Waals surface area contributed by atoms with E-state index in [1.165, 1.54) is 18.2 Å². The Balaban J connectivity index is 1.78. The number of amides is 1. The van der Waals surface area contributed by atoms with E-state index in [0.717, 1.165) is 0 Å². The van der Waals surface area contributed by atoms with Crippen LogP contribution in [0.1, 0.15) is 21.6 Å². The Morgan fingerprint density at radius 2 is 2.00 bits per heavy atom. The maximum atomic E-state index is 13.9. The first-order valence-electron chi connectivity index (χ1n) is 7.80. The van der Waals surface area contributed by atoms with Gasteiger partial charge in [0.15, 0.2) is 0 Å². The van der Waals surface area contributed by atoms with Crippen LogP contribution in [0.2, 0.25) is 5.02 Å². The first-order chi connectivity index (χ1) is 12.5. The highest BCUT2D eigenvalue weighted by molar-refractivity contribution is 7.83. The van der Waals surface area contributed by atoms with E-state index in [4.69, 9.17) is 11.6 Å². The number of hydrogen-bond acceptors (Lipinski definition) is 3. The molecule has 0 fully saturated rings. The number of hydrogen-bond donors (Lipinski definition) is 1. The summed E-state index contributed by atoms with van der Waals surface area (Å²) in [5.41, 5.74) is 1.95. The molecule has 1 aliphatic rings. The van der Waals surface area contributed by atoms with E-state index < -0.39 is 22.5 Å². The number of halogens is 2. The van der Waals surface area contributed by atoms with Gasteiger partial charge < -0.3 is 5.32 Å². The van der Waals surface area contributed by atoms with Gasteiger partial charge in [-0.05, 0) is 30.3 Å². The predicted molar refractivity (Wildman–Crippen MR) is 98.5 cm³/mol. The summed E-state index contributed by atoms with van der Waals surface area (Å²) in [5.74, 6) is -0.194. The lowest BCUT2D eigenvalue weighted by Gasteiger charge is -2.11. The van der Waals surface area contributed by atoms with Gasteiger partial charge in [-0.15, -0.1) is 0 Å². The molecule has 132 valence electrons. The van der Waals surface area contributed by atoms with Crippen molar-refractivity contribution in [2.45, 2.75) is 11.5 Å². The van der Waals surface area contributed by atoms with Gasteiger partial charge in [0.1, 0.15) is 11.6 Å². The van der Waals surface area contributed by atoms with E-state index >= 15 is 0 Å². The van der Waals surface area contributed by atoms with Gasteiger partial charge in [0, 0.05) is 21.4 Å². The number of fused-ring (bicyclic) bond motifs is 1. The van der Waals surface area contributed by atoms with Gasteiger partial charge in [-0.3, -0.25) is 9.00 Å². The van der Waals surface area contributed by atoms with Crippen molar-refractivity contribution in [3.05, 3.63) is 76.2 Å². The number of aromatic nitrogens is 2. The zero-order valence-electron chi connectivity index (χ0n) is 13.4. The summed E-state index contributed by atoms with van der Waals surface area (Å²) in [6.45, 7) is 0. The van der Waals surface area contributed by atoms with E-state index in [2.05, 4.69) is 10.4 Å². The van der Waals surface area contributed by atoms with Gasteiger partial charge in [-0.2, -0.15) is 5.10 Å². The van der Waals surface area contributed by atoms with Gasteiger partial charge in [-0.1, -0.05) is 29.8 Å². The Hall–Kier alpha value is -2.51. The summed E-state index contributed by atoms with van der Waals surface area (Å²) >= 11 is 6.06. The third kappa shape index (κ3) is 3.04. The van der Waals surface area contributed by atoms with Crippen LogP contribution in [0, 0.1) is 5.82 Å². The average Bonchev–Trinajstić information content (AvgIpc) is 3.12. The highest BCUT2D eigenvalue weighted by Crippen LogP contribution is 2.32. The van der Waals surface area contributed by atoms with Crippen molar-refractivity contribution in [3.63, 3.8) is 0 Å². The second kappa shape index (κ2) is 6.66. The zero-order valence-corrected chi connectivity index (χ0v) is 15.0. The molecule has 0 saturated heterocycles. The summed E-state index contributed by atoms with van der Waals surface area (Å²) in [5, 5.41) is 7.73. The predicted octanol–water partition coefficient (Wildman–Crippen LogP) is 3.68. The fourth-order valence-corrected chi connectivity index (χ4v) is 4.32. The van der Waals surface area contributed by atoms with Crippen molar-refractivity contribution in [2.75, 3.05) is 5.32 Å². The van der Waals surface area contributed by atoms with E-state index in [1.807, 2.05) is 0 Å². The highest BCUT2D eigenvalue weighted by atomic mass is 35.5. The lowest BCUT2D eigenvalue weighted by atomic mass is 10.2. The molecule has 1 atom stereocenters. The molecule has 0 radical (unpaired) electrons. The van der Waals surface area contributed by atoms with Crippen molar-refractivity contribution in [1.82, 2.24) is 9.78 Å². The molecule has 1 aromatic heterocycles. The SMILES string of the molecule is O=C(Nc1c2c(nn1-c1cccc(Cl)c1)C[S@@](=O)C2)c1ccccc1F. The molecule has 3 aromatic rings. The zero-order chi connectivity index (χ0) is 18.3. The number of carbonyl (C=O) groups is 1. The van der Waals surface area contributed by atoms with Gasteiger partial charge in [0.05, 0.1) is 28.5 Å². The minimum Gasteiger partial charge on any atom is -0.306 e. The maximum absolute atomic E-state index is 13.9. The number of rotatable bonds is 3. The highest BCUT2D eigenvalue weighted by Gasteiger charge is 2.29. The van der Waals surface area contributed by atoms with Crippen LogP contribution in [0.25, 0.3) is 5.69 Å². The second-order valence-corrected chi connectivity index (χ2v) is 7.72. The van der Waals surface area contributed by atoms with Gasteiger partial charge in [-0.25, -0.2) is 9.07 Å². The van der Waals surface area contributed by atoms with Crippen molar-refractivity contribution in [2.24, 2.45) is 0 Å². The molecule has 8 heteroatoms. The summed E-state index contributed by atoms with van der Waals surface area (Å²) < 4.78 is 27.4. The fraction of sp³-hybridized carbons (Fsp3) is 0.111. The largest absolute Gasteiger partial charge is 0.306 e. The van der Waals surface area contributed by atoms with Gasteiger partial charge >= 0.3 is 0 Å². The van der Waals surface area contributed by atoms with Crippen LogP contribution in [0.15, 0.2) is 48.5 Å². The average molecular weight is 390 g/mol. The molecule has 0 saturated carbocycles. The lowest BCUT2D eigenvalue weighted by Crippen LogP contribution is -2.17. The minimum atomic E-state index is -1.06. The molecule has 1 aliphatic heterocycles. The Morgan fingerprint density at radius 3 is 2.77 bits per heavy atom. The van der Waals surface area contributed by atoms with Crippen LogP contribution in [-0.2, 0) is 22.3 Å². The summed E-state index contributed by atoms with van der Waals surface area (Å²) in [7, 11) is -1.06. The van der Waals surface area contributed by atoms with E-state index in [9.17, 15) is 13.4 Å². The molecule has 2 aromatic carbocycles. The molecular formula is C18H13ClFN3O2S. The third-order valence-corrected chi connectivity index (χ3v) is 5.51. The normalized spacial score (nSPS) is 15.7. The van der Waals surface area contributed by atoms with Crippen molar-refractivity contribution in [1.29, 1.82) is 0 Å². The lowest BCUT2D eigenvalue weighted by molar-refractivity contribution is 0.102. The van der Waals surface area contributed by atoms with Gasteiger partial charge in [0.25, 0.3) is 5.91 Å². The quantitative estimate of drug-likeness (QED) is 0.743. The first kappa shape index (κ1) is 16.9. The minimum absolute atomic E-state index is 0.0702. The van der Waals surface area contributed by atoms with E-state index in [1.54, 1.807) is 35.0 Å². The van der Waals surface area contributed by atoms with Gasteiger partial charge in [0.2, 0.25) is 0 Å². The van der Waals surface area contributed by atoms with E-state index in [0.29, 0.717) is 39.3 Å². The van der Waals surface area contributed by atoms with E-state index in [-0.39, 0.29) is 5.56 Å². The molecule has 1 N–H and O–H groups in total. The topological polar surface area (TPSA) is 64.0 Å². The molecule has 5 nitrogen and oxygen atoms in total. The van der Waals surface area contributed by atoms with Crippen molar-refractivity contribution >= 4 is 34.1 Å². The molecule has 0 aliphatic carbocycles. The molecule has 0 bridgehead atoms. The summed E-state index contributed by atoms with van der Waals surface area (Å²) in [6.07, 6.45) is 0. The Bertz CT molecular complexity index is 1050. The molecule has 0 spiro atoms. The van der Waals surface area contributed by atoms with Crippen LogP contribution in [0.4, 0.5) is 10.2 Å². The maximum Gasteiger partial charge on any atom is 0.259 e. The summed E-state index contributed by atoms with van der Waals surface area (Å²) in [6, 6.07) is 12.7. The summed E-state index contributed by atoms with van der Waals surface area (Å²) in [4.78, 5) is 12.6. The number of nitrogens with zero attached hydrogens (tertiary/aromatic N) is 2. The molecule has 1 amide bonds. The van der Waals surface area contributed by atoms with Crippen LogP contribution in [0.5, 0.6) is 0 Å². The van der Waals surface area contributed by atoms with Crippen LogP contribution in [0.3, 0.4) is 0 Å². The smallest absolute Gasteiger partial charge is 0.259 e. The second-order valence-electron chi connectivity index (χ2n) is 5.83. The van der Waals surface area contributed by atoms with Crippen molar-refractivity contribution < 1.29 is 13.4 Å². The van der Waals surface area contributed by atoms with Crippen molar-refractivity contribution in [3.8, 4) is 5.69 Å². The Kier molecular flexibility index (Phi) is 4.34. The molecule has 0 unspecified atom stereocenters.